The summed E-state index contributed by atoms with van der Waals surface area (Å²) in [5.41, 5.74) is 2.66. The summed E-state index contributed by atoms with van der Waals surface area (Å²) in [6, 6.07) is 31.3. The average molecular weight is 354 g/mol. The summed E-state index contributed by atoms with van der Waals surface area (Å²) in [6.45, 7) is 0.985. The second-order valence-corrected chi connectivity index (χ2v) is 6.79. The maximum atomic E-state index is 6.08. The molecule has 3 aromatic carbocycles. The fourth-order valence-electron chi connectivity index (χ4n) is 3.41. The number of pyridine rings is 1. The van der Waals surface area contributed by atoms with Crippen molar-refractivity contribution in [2.75, 3.05) is 0 Å². The highest BCUT2D eigenvalue weighted by atomic mass is 16.5. The number of benzene rings is 3. The quantitative estimate of drug-likeness (QED) is 0.295. The number of nitrogens with zero attached hydrogens (tertiary/aromatic N) is 1. The van der Waals surface area contributed by atoms with E-state index in [0.29, 0.717) is 0 Å². The molecular weight excluding hydrogens is 330 g/mol. The predicted molar refractivity (Wildman–Crippen MR) is 110 cm³/mol. The van der Waals surface area contributed by atoms with E-state index < -0.39 is 0 Å². The average Bonchev–Trinajstić information content (AvgIpc) is 2.72. The number of unbranched alkanes of at least 4 members (excludes halogenated alkanes) is 1. The minimum absolute atomic E-state index is 0.864. The van der Waals surface area contributed by atoms with Crippen LogP contribution in [0.1, 0.15) is 18.4 Å². The van der Waals surface area contributed by atoms with E-state index in [-0.39, 0.29) is 0 Å². The van der Waals surface area contributed by atoms with Gasteiger partial charge in [0.2, 0.25) is 11.7 Å². The Hall–Kier alpha value is -3.13. The number of rotatable bonds is 7. The number of para-hydroxylation sites is 2. The highest BCUT2D eigenvalue weighted by Crippen LogP contribution is 2.23. The zero-order valence-electron chi connectivity index (χ0n) is 15.4. The van der Waals surface area contributed by atoms with Gasteiger partial charge in [-0.3, -0.25) is 0 Å². The monoisotopic (exact) mass is 354 g/mol. The Bertz CT molecular complexity index is 996. The maximum Gasteiger partial charge on any atom is 0.212 e. The lowest BCUT2D eigenvalue weighted by Gasteiger charge is -2.07. The molecule has 0 bridgehead atoms. The largest absolute Gasteiger partial charge is 0.451 e. The van der Waals surface area contributed by atoms with Crippen LogP contribution in [0.4, 0.5) is 0 Å². The first-order valence-electron chi connectivity index (χ1n) is 9.57. The molecule has 2 heteroatoms. The van der Waals surface area contributed by atoms with Gasteiger partial charge in [0, 0.05) is 18.6 Å². The molecule has 1 heterocycles. The smallest absolute Gasteiger partial charge is 0.212 e. The van der Waals surface area contributed by atoms with E-state index in [1.807, 2.05) is 30.3 Å². The molecule has 134 valence electrons. The van der Waals surface area contributed by atoms with Crippen LogP contribution in [-0.2, 0) is 13.0 Å². The summed E-state index contributed by atoms with van der Waals surface area (Å²) in [5, 5.41) is 1.20. The fraction of sp³-hybridized carbons (Fsp3) is 0.160. The maximum absolute atomic E-state index is 6.08. The van der Waals surface area contributed by atoms with Crippen molar-refractivity contribution < 1.29 is 9.30 Å². The Morgan fingerprint density at radius 3 is 2.19 bits per heavy atom. The number of hydrogen-bond donors (Lipinski definition) is 0. The van der Waals surface area contributed by atoms with E-state index >= 15 is 0 Å². The Morgan fingerprint density at radius 1 is 0.667 bits per heavy atom. The number of hydrogen-bond acceptors (Lipinski definition) is 1. The summed E-state index contributed by atoms with van der Waals surface area (Å²) in [4.78, 5) is 0. The standard InChI is InChI=1S/C25H24NO/c1-3-11-21(12-4-1)13-9-10-18-26-20-24(27-23-15-5-2-6-16-23)19-22-14-7-8-17-25(22)26/h1-8,11-12,14-17,19-20H,9-10,13,18H2/q+1. The molecule has 0 aliphatic carbocycles. The fourth-order valence-corrected chi connectivity index (χ4v) is 3.41. The van der Waals surface area contributed by atoms with Gasteiger partial charge in [0.1, 0.15) is 12.3 Å². The highest BCUT2D eigenvalue weighted by molar-refractivity contribution is 5.76. The Labute approximate surface area is 160 Å². The second-order valence-electron chi connectivity index (χ2n) is 6.79. The SMILES string of the molecule is c1ccc(CCCC[n+]2cc(Oc3ccccc3)cc3ccccc32)cc1. The first-order valence-corrected chi connectivity index (χ1v) is 9.57. The third kappa shape index (κ3) is 4.53. The van der Waals surface area contributed by atoms with Crippen LogP contribution in [0.5, 0.6) is 11.5 Å². The normalized spacial score (nSPS) is 10.8. The minimum Gasteiger partial charge on any atom is -0.451 e. The molecule has 0 saturated heterocycles. The van der Waals surface area contributed by atoms with Gasteiger partial charge in [0.15, 0.2) is 5.75 Å². The number of aromatic nitrogens is 1. The molecule has 0 fully saturated rings. The summed E-state index contributed by atoms with van der Waals surface area (Å²) in [7, 11) is 0. The molecule has 0 amide bonds. The number of fused-ring (bicyclic) bond motifs is 1. The van der Waals surface area contributed by atoms with Crippen molar-refractivity contribution in [3.8, 4) is 11.5 Å². The van der Waals surface area contributed by atoms with Crippen molar-refractivity contribution in [1.82, 2.24) is 0 Å². The Balaban J connectivity index is 1.50. The van der Waals surface area contributed by atoms with Gasteiger partial charge in [0.05, 0.1) is 5.39 Å². The van der Waals surface area contributed by atoms with E-state index in [4.69, 9.17) is 4.74 Å². The van der Waals surface area contributed by atoms with E-state index in [1.165, 1.54) is 22.9 Å². The van der Waals surface area contributed by atoms with Gasteiger partial charge >= 0.3 is 0 Å². The van der Waals surface area contributed by atoms with E-state index in [0.717, 1.165) is 30.9 Å². The van der Waals surface area contributed by atoms with Crippen molar-refractivity contribution in [3.05, 3.63) is 103 Å². The van der Waals surface area contributed by atoms with Crippen molar-refractivity contribution in [3.63, 3.8) is 0 Å². The van der Waals surface area contributed by atoms with Crippen molar-refractivity contribution in [2.24, 2.45) is 0 Å². The third-order valence-electron chi connectivity index (χ3n) is 4.76. The van der Waals surface area contributed by atoms with Crippen LogP contribution in [0, 0.1) is 0 Å². The lowest BCUT2D eigenvalue weighted by atomic mass is 10.1. The zero-order chi connectivity index (χ0) is 18.3. The molecule has 4 rings (SSSR count). The van der Waals surface area contributed by atoms with E-state index in [9.17, 15) is 0 Å². The Morgan fingerprint density at radius 2 is 1.37 bits per heavy atom. The number of ether oxygens (including phenoxy) is 1. The molecule has 1 aromatic heterocycles. The zero-order valence-corrected chi connectivity index (χ0v) is 15.4. The van der Waals surface area contributed by atoms with Crippen molar-refractivity contribution in [2.45, 2.75) is 25.8 Å². The van der Waals surface area contributed by atoms with Gasteiger partial charge in [0.25, 0.3) is 0 Å². The van der Waals surface area contributed by atoms with Gasteiger partial charge < -0.3 is 4.74 Å². The lowest BCUT2D eigenvalue weighted by Crippen LogP contribution is -2.34. The summed E-state index contributed by atoms with van der Waals surface area (Å²) in [6.07, 6.45) is 5.56. The summed E-state index contributed by atoms with van der Waals surface area (Å²) in [5.74, 6) is 1.74. The predicted octanol–water partition coefficient (Wildman–Crippen LogP) is 5.94. The van der Waals surface area contributed by atoms with Gasteiger partial charge in [-0.2, -0.15) is 4.57 Å². The van der Waals surface area contributed by atoms with Gasteiger partial charge in [-0.25, -0.2) is 0 Å². The van der Waals surface area contributed by atoms with Crippen LogP contribution in [0.25, 0.3) is 10.9 Å². The molecule has 0 atom stereocenters. The molecule has 0 aliphatic heterocycles. The van der Waals surface area contributed by atoms with Crippen LogP contribution in [0.3, 0.4) is 0 Å². The second kappa shape index (κ2) is 8.50. The van der Waals surface area contributed by atoms with Crippen LogP contribution in [-0.4, -0.2) is 0 Å². The topological polar surface area (TPSA) is 13.1 Å². The van der Waals surface area contributed by atoms with Crippen molar-refractivity contribution in [1.29, 1.82) is 0 Å². The van der Waals surface area contributed by atoms with Crippen LogP contribution in [0.15, 0.2) is 97.2 Å². The van der Waals surface area contributed by atoms with Crippen LogP contribution >= 0.6 is 0 Å². The molecular formula is C25H24NO+. The molecule has 2 nitrogen and oxygen atoms in total. The molecule has 0 unspecified atom stereocenters. The van der Waals surface area contributed by atoms with Gasteiger partial charge in [-0.05, 0) is 36.6 Å². The summed E-state index contributed by atoms with van der Waals surface area (Å²) < 4.78 is 8.40. The highest BCUT2D eigenvalue weighted by Gasteiger charge is 2.12. The van der Waals surface area contributed by atoms with Crippen LogP contribution < -0.4 is 9.30 Å². The van der Waals surface area contributed by atoms with E-state index in [2.05, 4.69) is 71.4 Å². The lowest BCUT2D eigenvalue weighted by molar-refractivity contribution is -0.672. The first-order chi connectivity index (χ1) is 13.4. The molecule has 0 spiro atoms. The molecule has 0 saturated carbocycles. The molecule has 27 heavy (non-hydrogen) atoms. The number of aryl methyl sites for hydroxylation is 2. The van der Waals surface area contributed by atoms with E-state index in [1.54, 1.807) is 0 Å². The molecule has 0 radical (unpaired) electrons. The van der Waals surface area contributed by atoms with Gasteiger partial charge in [-0.1, -0.05) is 60.7 Å². The van der Waals surface area contributed by atoms with Crippen molar-refractivity contribution >= 4 is 10.9 Å². The van der Waals surface area contributed by atoms with Crippen LogP contribution in [0.2, 0.25) is 0 Å². The molecule has 0 N–H and O–H groups in total. The molecule has 4 aromatic rings. The third-order valence-corrected chi connectivity index (χ3v) is 4.76. The summed E-state index contributed by atoms with van der Waals surface area (Å²) >= 11 is 0. The molecule has 0 aliphatic rings. The van der Waals surface area contributed by atoms with Gasteiger partial charge in [-0.15, -0.1) is 0 Å². The minimum atomic E-state index is 0.864. The Kier molecular flexibility index (Phi) is 5.44. The first kappa shape index (κ1) is 17.3.